The summed E-state index contributed by atoms with van der Waals surface area (Å²) in [4.78, 5) is 7.04. The topological polar surface area (TPSA) is 28.7 Å². The van der Waals surface area contributed by atoms with E-state index in [1.165, 1.54) is 22.1 Å². The highest BCUT2D eigenvalue weighted by atomic mass is 14.9. The van der Waals surface area contributed by atoms with Crippen molar-refractivity contribution >= 4 is 17.6 Å². The minimum atomic E-state index is 0.529. The van der Waals surface area contributed by atoms with Crippen molar-refractivity contribution in [3.05, 3.63) is 114 Å². The van der Waals surface area contributed by atoms with E-state index in [1.54, 1.807) is 6.33 Å². The van der Waals surface area contributed by atoms with Gasteiger partial charge in [-0.2, -0.15) is 0 Å². The van der Waals surface area contributed by atoms with Gasteiger partial charge in [0.15, 0.2) is 0 Å². The molecule has 0 unspecified atom stereocenters. The molecule has 0 aliphatic rings. The molecule has 0 saturated heterocycles. The van der Waals surface area contributed by atoms with E-state index < -0.39 is 0 Å². The molecular weight excluding hydrogens is 339 g/mol. The SMILES string of the molecule is CCB(c1ccccc1)c1cccc(C)c1.c1ccc(Cc2cnc[nH]2)cc1. The van der Waals surface area contributed by atoms with Crippen molar-refractivity contribution in [2.75, 3.05) is 0 Å². The fraction of sp³-hybridized carbons (Fsp3) is 0.160. The number of benzene rings is 3. The van der Waals surface area contributed by atoms with E-state index in [1.807, 2.05) is 24.4 Å². The number of aromatic nitrogens is 2. The number of imidazole rings is 1. The van der Waals surface area contributed by atoms with Crippen molar-refractivity contribution < 1.29 is 0 Å². The standard InChI is InChI=1S/C15H17B.C10H10N2/c1-3-16(14-9-5-4-6-10-14)15-11-7-8-13(2)12-15;1-2-4-9(5-3-1)6-10-7-11-8-12-10/h4-12H,3H2,1-2H3;1-5,7-8H,6H2,(H,11,12). The second-order valence-electron chi connectivity index (χ2n) is 7.02. The van der Waals surface area contributed by atoms with Crippen LogP contribution in [0.25, 0.3) is 0 Å². The third kappa shape index (κ3) is 5.72. The molecule has 3 aromatic carbocycles. The molecule has 0 radical (unpaired) electrons. The summed E-state index contributed by atoms with van der Waals surface area (Å²) in [6, 6.07) is 29.9. The number of hydrogen-bond donors (Lipinski definition) is 1. The van der Waals surface area contributed by atoms with Gasteiger partial charge in [0, 0.05) is 18.3 Å². The van der Waals surface area contributed by atoms with Crippen LogP contribution in [0.5, 0.6) is 0 Å². The van der Waals surface area contributed by atoms with Crippen LogP contribution in [-0.2, 0) is 6.42 Å². The molecule has 0 spiro atoms. The summed E-state index contributed by atoms with van der Waals surface area (Å²) in [6.45, 7) is 4.93. The Balaban J connectivity index is 0.000000167. The van der Waals surface area contributed by atoms with Gasteiger partial charge in [-0.1, -0.05) is 115 Å². The van der Waals surface area contributed by atoms with Gasteiger partial charge >= 0.3 is 0 Å². The van der Waals surface area contributed by atoms with Gasteiger partial charge in [0.2, 0.25) is 6.71 Å². The van der Waals surface area contributed by atoms with Crippen LogP contribution in [-0.4, -0.2) is 16.7 Å². The molecule has 2 nitrogen and oxygen atoms in total. The number of H-pyrrole nitrogens is 1. The van der Waals surface area contributed by atoms with Crippen molar-refractivity contribution in [3.63, 3.8) is 0 Å². The third-order valence-electron chi connectivity index (χ3n) is 4.85. The molecule has 1 aromatic heterocycles. The molecule has 28 heavy (non-hydrogen) atoms. The van der Waals surface area contributed by atoms with Crippen LogP contribution in [0.2, 0.25) is 6.32 Å². The summed E-state index contributed by atoms with van der Waals surface area (Å²) < 4.78 is 0. The number of rotatable bonds is 5. The van der Waals surface area contributed by atoms with Crippen LogP contribution in [0.15, 0.2) is 97.5 Å². The van der Waals surface area contributed by atoms with Crippen molar-refractivity contribution in [2.24, 2.45) is 0 Å². The van der Waals surface area contributed by atoms with Crippen LogP contribution < -0.4 is 10.9 Å². The van der Waals surface area contributed by atoms with E-state index in [-0.39, 0.29) is 0 Å². The Morgan fingerprint density at radius 1 is 0.821 bits per heavy atom. The van der Waals surface area contributed by atoms with Crippen LogP contribution in [0.4, 0.5) is 0 Å². The molecule has 0 atom stereocenters. The summed E-state index contributed by atoms with van der Waals surface area (Å²) in [6.07, 6.45) is 5.64. The van der Waals surface area contributed by atoms with Crippen molar-refractivity contribution in [2.45, 2.75) is 26.6 Å². The minimum absolute atomic E-state index is 0.529. The Kier molecular flexibility index (Phi) is 7.25. The molecule has 0 bridgehead atoms. The summed E-state index contributed by atoms with van der Waals surface area (Å²) in [7, 11) is 0. The van der Waals surface area contributed by atoms with E-state index in [0.717, 1.165) is 18.4 Å². The lowest BCUT2D eigenvalue weighted by Crippen LogP contribution is -2.41. The van der Waals surface area contributed by atoms with Crippen LogP contribution in [0.3, 0.4) is 0 Å². The summed E-state index contributed by atoms with van der Waals surface area (Å²) in [5.74, 6) is 0. The first kappa shape index (κ1) is 19.7. The zero-order chi connectivity index (χ0) is 19.6. The van der Waals surface area contributed by atoms with Gasteiger partial charge in [-0.05, 0) is 12.5 Å². The van der Waals surface area contributed by atoms with E-state index in [9.17, 15) is 0 Å². The molecule has 4 aromatic rings. The number of aromatic amines is 1. The van der Waals surface area contributed by atoms with E-state index in [2.05, 4.69) is 90.5 Å². The molecule has 3 heteroatoms. The molecule has 1 N–H and O–H groups in total. The quantitative estimate of drug-likeness (QED) is 0.513. The predicted molar refractivity (Wildman–Crippen MR) is 121 cm³/mol. The molecule has 140 valence electrons. The van der Waals surface area contributed by atoms with Crippen LogP contribution in [0.1, 0.15) is 23.7 Å². The lowest BCUT2D eigenvalue weighted by atomic mass is 9.39. The highest BCUT2D eigenvalue weighted by molar-refractivity contribution is 6.85. The van der Waals surface area contributed by atoms with Crippen molar-refractivity contribution in [1.82, 2.24) is 9.97 Å². The van der Waals surface area contributed by atoms with Gasteiger partial charge in [0.1, 0.15) is 0 Å². The van der Waals surface area contributed by atoms with Crippen LogP contribution >= 0.6 is 0 Å². The highest BCUT2D eigenvalue weighted by Gasteiger charge is 2.15. The summed E-state index contributed by atoms with van der Waals surface area (Å²) >= 11 is 0. The van der Waals surface area contributed by atoms with Gasteiger partial charge < -0.3 is 4.98 Å². The van der Waals surface area contributed by atoms with Crippen molar-refractivity contribution in [3.8, 4) is 0 Å². The lowest BCUT2D eigenvalue weighted by Gasteiger charge is -2.12. The second kappa shape index (κ2) is 10.3. The zero-order valence-corrected chi connectivity index (χ0v) is 16.7. The lowest BCUT2D eigenvalue weighted by molar-refractivity contribution is 1.11. The largest absolute Gasteiger partial charge is 0.348 e. The maximum absolute atomic E-state index is 3.96. The fourth-order valence-corrected chi connectivity index (χ4v) is 3.43. The molecule has 4 rings (SSSR count). The van der Waals surface area contributed by atoms with Gasteiger partial charge in [0.05, 0.1) is 6.33 Å². The number of nitrogens with one attached hydrogen (secondary N) is 1. The minimum Gasteiger partial charge on any atom is -0.348 e. The Hall–Kier alpha value is -3.07. The Bertz CT molecular complexity index is 935. The summed E-state index contributed by atoms with van der Waals surface area (Å²) in [5, 5.41) is 0. The Morgan fingerprint density at radius 3 is 2.11 bits per heavy atom. The van der Waals surface area contributed by atoms with Gasteiger partial charge in [-0.3, -0.25) is 0 Å². The molecular formula is C25H27BN2. The van der Waals surface area contributed by atoms with Gasteiger partial charge in [0.25, 0.3) is 0 Å². The average Bonchev–Trinajstić information content (AvgIpc) is 3.24. The Morgan fingerprint density at radius 2 is 1.50 bits per heavy atom. The number of aryl methyl sites for hydroxylation is 1. The first-order chi connectivity index (χ1) is 13.8. The van der Waals surface area contributed by atoms with Crippen LogP contribution in [0, 0.1) is 6.92 Å². The third-order valence-corrected chi connectivity index (χ3v) is 4.85. The second-order valence-corrected chi connectivity index (χ2v) is 7.02. The Labute approximate surface area is 168 Å². The fourth-order valence-electron chi connectivity index (χ4n) is 3.43. The molecule has 0 fully saturated rings. The number of hydrogen-bond acceptors (Lipinski definition) is 1. The van der Waals surface area contributed by atoms with E-state index in [0.29, 0.717) is 6.71 Å². The first-order valence-electron chi connectivity index (χ1n) is 9.89. The first-order valence-corrected chi connectivity index (χ1v) is 9.89. The van der Waals surface area contributed by atoms with E-state index >= 15 is 0 Å². The highest BCUT2D eigenvalue weighted by Crippen LogP contribution is 2.05. The van der Waals surface area contributed by atoms with E-state index in [4.69, 9.17) is 0 Å². The maximum Gasteiger partial charge on any atom is 0.209 e. The maximum atomic E-state index is 3.96. The van der Waals surface area contributed by atoms with Crippen molar-refractivity contribution in [1.29, 1.82) is 0 Å². The predicted octanol–water partition coefficient (Wildman–Crippen LogP) is 4.62. The van der Waals surface area contributed by atoms with Gasteiger partial charge in [-0.25, -0.2) is 4.98 Å². The molecule has 0 saturated carbocycles. The average molecular weight is 366 g/mol. The zero-order valence-electron chi connectivity index (χ0n) is 16.7. The molecule has 0 aliphatic heterocycles. The molecule has 1 heterocycles. The molecule has 0 amide bonds. The number of nitrogens with zero attached hydrogens (tertiary/aromatic N) is 1. The normalized spacial score (nSPS) is 10.1. The smallest absolute Gasteiger partial charge is 0.209 e. The monoisotopic (exact) mass is 366 g/mol. The van der Waals surface area contributed by atoms with Gasteiger partial charge in [-0.15, -0.1) is 0 Å². The molecule has 0 aliphatic carbocycles. The summed E-state index contributed by atoms with van der Waals surface area (Å²) in [5.41, 5.74) is 6.64.